The van der Waals surface area contributed by atoms with Gasteiger partial charge in [0.05, 0.1) is 38.3 Å². The lowest BCUT2D eigenvalue weighted by atomic mass is 10.1. The number of rotatable bonds is 4. The number of para-hydroxylation sites is 1. The molecule has 1 aliphatic rings. The van der Waals surface area contributed by atoms with Crippen LogP contribution in [0.4, 0.5) is 0 Å². The van der Waals surface area contributed by atoms with E-state index in [-0.39, 0.29) is 36.6 Å². The Hall–Kier alpha value is -2.28. The third-order valence-corrected chi connectivity index (χ3v) is 3.35. The van der Waals surface area contributed by atoms with Gasteiger partial charge in [0.25, 0.3) is 5.91 Å². The van der Waals surface area contributed by atoms with Gasteiger partial charge in [-0.2, -0.15) is 0 Å². The van der Waals surface area contributed by atoms with Crippen LogP contribution in [0.3, 0.4) is 0 Å². The molecule has 0 saturated carbocycles. The molecule has 0 radical (unpaired) electrons. The number of carbonyl (C=O) groups is 2. The van der Waals surface area contributed by atoms with E-state index in [9.17, 15) is 14.7 Å². The SMILES string of the molecule is COc1cccc(C(=O)N2CCOCC2CC(=O)O)c1O. The maximum atomic E-state index is 12.5. The van der Waals surface area contributed by atoms with Gasteiger partial charge in [0.15, 0.2) is 11.5 Å². The first kappa shape index (κ1) is 15.1. The third-order valence-electron chi connectivity index (χ3n) is 3.35. The normalized spacial score (nSPS) is 18.3. The molecule has 1 unspecified atom stereocenters. The second kappa shape index (κ2) is 6.45. The molecular weight excluding hydrogens is 278 g/mol. The number of phenols is 1. The van der Waals surface area contributed by atoms with Crippen LogP contribution in [0, 0.1) is 0 Å². The van der Waals surface area contributed by atoms with E-state index in [0.29, 0.717) is 6.61 Å². The standard InChI is InChI=1S/C14H17NO6/c1-20-11-4-2-3-10(13(11)18)14(19)15-5-6-21-8-9(15)7-12(16)17/h2-4,9,18H,5-8H2,1H3,(H,16,17). The number of hydrogen-bond donors (Lipinski definition) is 2. The summed E-state index contributed by atoms with van der Waals surface area (Å²) in [5.74, 6) is -1.48. The summed E-state index contributed by atoms with van der Waals surface area (Å²) in [5.41, 5.74) is 0.0895. The van der Waals surface area contributed by atoms with Gasteiger partial charge in [0.2, 0.25) is 0 Å². The first-order valence-corrected chi connectivity index (χ1v) is 6.51. The molecule has 1 fully saturated rings. The summed E-state index contributed by atoms with van der Waals surface area (Å²) in [7, 11) is 1.39. The maximum Gasteiger partial charge on any atom is 0.305 e. The molecule has 21 heavy (non-hydrogen) atoms. The summed E-state index contributed by atoms with van der Waals surface area (Å²) in [6.07, 6.45) is -0.198. The Morgan fingerprint density at radius 1 is 1.48 bits per heavy atom. The minimum atomic E-state index is -1.00. The number of nitrogens with zero attached hydrogens (tertiary/aromatic N) is 1. The third kappa shape index (κ3) is 3.25. The van der Waals surface area contributed by atoms with Crippen LogP contribution >= 0.6 is 0 Å². The van der Waals surface area contributed by atoms with E-state index in [1.54, 1.807) is 12.1 Å². The Kier molecular flexibility index (Phi) is 4.64. The fourth-order valence-electron chi connectivity index (χ4n) is 2.31. The lowest BCUT2D eigenvalue weighted by Gasteiger charge is -2.35. The van der Waals surface area contributed by atoms with Gasteiger partial charge in [-0.15, -0.1) is 0 Å². The molecule has 0 aromatic heterocycles. The Morgan fingerprint density at radius 2 is 2.24 bits per heavy atom. The van der Waals surface area contributed by atoms with Crippen LogP contribution in [-0.2, 0) is 9.53 Å². The van der Waals surface area contributed by atoms with E-state index in [2.05, 4.69) is 0 Å². The van der Waals surface area contributed by atoms with Crippen LogP contribution in [0.1, 0.15) is 16.8 Å². The second-order valence-corrected chi connectivity index (χ2v) is 4.68. The smallest absolute Gasteiger partial charge is 0.305 e. The summed E-state index contributed by atoms with van der Waals surface area (Å²) in [5, 5.41) is 18.9. The highest BCUT2D eigenvalue weighted by Gasteiger charge is 2.31. The molecule has 2 N–H and O–H groups in total. The van der Waals surface area contributed by atoms with Crippen LogP contribution in [0.15, 0.2) is 18.2 Å². The summed E-state index contributed by atoms with van der Waals surface area (Å²) >= 11 is 0. The number of hydrogen-bond acceptors (Lipinski definition) is 5. The number of aromatic hydroxyl groups is 1. The molecule has 1 aromatic rings. The molecule has 1 aromatic carbocycles. The zero-order valence-corrected chi connectivity index (χ0v) is 11.6. The number of methoxy groups -OCH3 is 1. The van der Waals surface area contributed by atoms with E-state index in [1.165, 1.54) is 18.1 Å². The first-order chi connectivity index (χ1) is 10.0. The van der Waals surface area contributed by atoms with Crippen molar-refractivity contribution in [3.05, 3.63) is 23.8 Å². The highest BCUT2D eigenvalue weighted by atomic mass is 16.5. The van der Waals surface area contributed by atoms with Crippen molar-refractivity contribution in [3.8, 4) is 11.5 Å². The van der Waals surface area contributed by atoms with Crippen molar-refractivity contribution in [2.24, 2.45) is 0 Å². The summed E-state index contributed by atoms with van der Waals surface area (Å²) < 4.78 is 10.2. The number of carboxylic acids is 1. The van der Waals surface area contributed by atoms with Crippen molar-refractivity contribution in [2.75, 3.05) is 26.9 Å². The quantitative estimate of drug-likeness (QED) is 0.849. The van der Waals surface area contributed by atoms with Crippen molar-refractivity contribution >= 4 is 11.9 Å². The number of carbonyl (C=O) groups excluding carboxylic acids is 1. The number of morpholine rings is 1. The van der Waals surface area contributed by atoms with Crippen molar-refractivity contribution < 1.29 is 29.3 Å². The van der Waals surface area contributed by atoms with Crippen molar-refractivity contribution in [1.82, 2.24) is 4.90 Å². The molecule has 7 nitrogen and oxygen atoms in total. The molecule has 0 bridgehead atoms. The van der Waals surface area contributed by atoms with Gasteiger partial charge in [0, 0.05) is 6.54 Å². The summed E-state index contributed by atoms with van der Waals surface area (Å²) in [6, 6.07) is 4.07. The number of ether oxygens (including phenoxy) is 2. The predicted octanol–water partition coefficient (Wildman–Crippen LogP) is 0.717. The summed E-state index contributed by atoms with van der Waals surface area (Å²) in [6.45, 7) is 0.794. The number of aliphatic carboxylic acids is 1. The van der Waals surface area contributed by atoms with Crippen LogP contribution in [0.25, 0.3) is 0 Å². The predicted molar refractivity (Wildman–Crippen MR) is 72.6 cm³/mol. The second-order valence-electron chi connectivity index (χ2n) is 4.68. The zero-order chi connectivity index (χ0) is 15.4. The van der Waals surface area contributed by atoms with E-state index >= 15 is 0 Å². The average Bonchev–Trinajstić information content (AvgIpc) is 2.47. The minimum Gasteiger partial charge on any atom is -0.504 e. The molecule has 1 saturated heterocycles. The van der Waals surface area contributed by atoms with Gasteiger partial charge >= 0.3 is 5.97 Å². The van der Waals surface area contributed by atoms with Crippen molar-refractivity contribution in [1.29, 1.82) is 0 Å². The molecule has 1 atom stereocenters. The Labute approximate surface area is 121 Å². The van der Waals surface area contributed by atoms with Crippen LogP contribution in [0.5, 0.6) is 11.5 Å². The molecule has 1 heterocycles. The van der Waals surface area contributed by atoms with Gasteiger partial charge in [-0.25, -0.2) is 0 Å². The Balaban J connectivity index is 2.26. The fraction of sp³-hybridized carbons (Fsp3) is 0.429. The van der Waals surface area contributed by atoms with Crippen LogP contribution in [-0.4, -0.2) is 59.9 Å². The highest BCUT2D eigenvalue weighted by molar-refractivity contribution is 5.98. The zero-order valence-electron chi connectivity index (χ0n) is 11.6. The van der Waals surface area contributed by atoms with Gasteiger partial charge in [-0.1, -0.05) is 6.07 Å². The molecule has 0 aliphatic carbocycles. The van der Waals surface area contributed by atoms with Crippen LogP contribution in [0.2, 0.25) is 0 Å². The maximum absolute atomic E-state index is 12.5. The largest absolute Gasteiger partial charge is 0.504 e. The summed E-state index contributed by atoms with van der Waals surface area (Å²) in [4.78, 5) is 24.8. The fourth-order valence-corrected chi connectivity index (χ4v) is 2.31. The molecule has 114 valence electrons. The minimum absolute atomic E-state index is 0.0895. The van der Waals surface area contributed by atoms with E-state index < -0.39 is 17.9 Å². The topological polar surface area (TPSA) is 96.3 Å². The molecule has 2 rings (SSSR count). The van der Waals surface area contributed by atoms with Crippen molar-refractivity contribution in [3.63, 3.8) is 0 Å². The number of benzene rings is 1. The lowest BCUT2D eigenvalue weighted by molar-refractivity contribution is -0.139. The molecule has 1 aliphatic heterocycles. The van der Waals surface area contributed by atoms with Gasteiger partial charge in [-0.05, 0) is 12.1 Å². The Morgan fingerprint density at radius 3 is 2.90 bits per heavy atom. The highest BCUT2D eigenvalue weighted by Crippen LogP contribution is 2.31. The molecule has 0 spiro atoms. The van der Waals surface area contributed by atoms with Gasteiger partial charge < -0.3 is 24.6 Å². The molecule has 7 heteroatoms. The van der Waals surface area contributed by atoms with Gasteiger partial charge in [-0.3, -0.25) is 9.59 Å². The van der Waals surface area contributed by atoms with E-state index in [4.69, 9.17) is 14.6 Å². The van der Waals surface area contributed by atoms with Crippen molar-refractivity contribution in [2.45, 2.75) is 12.5 Å². The average molecular weight is 295 g/mol. The number of phenolic OH excluding ortho intramolecular Hbond substituents is 1. The van der Waals surface area contributed by atoms with E-state index in [0.717, 1.165) is 0 Å². The molecular formula is C14H17NO6. The first-order valence-electron chi connectivity index (χ1n) is 6.51. The number of carboxylic acid groups (broad SMARTS) is 1. The van der Waals surface area contributed by atoms with Crippen LogP contribution < -0.4 is 4.74 Å². The molecule has 1 amide bonds. The van der Waals surface area contributed by atoms with E-state index in [1.807, 2.05) is 0 Å². The monoisotopic (exact) mass is 295 g/mol. The lowest BCUT2D eigenvalue weighted by Crippen LogP contribution is -2.49. The van der Waals surface area contributed by atoms with Gasteiger partial charge in [0.1, 0.15) is 0 Å². The number of amides is 1. The Bertz CT molecular complexity index is 544.